The minimum atomic E-state index is -0.322. The van der Waals surface area contributed by atoms with Gasteiger partial charge in [0.15, 0.2) is 0 Å². The van der Waals surface area contributed by atoms with Gasteiger partial charge in [-0.25, -0.2) is 9.48 Å². The average molecular weight is 290 g/mol. The average Bonchev–Trinajstić information content (AvgIpc) is 3.07. The van der Waals surface area contributed by atoms with Gasteiger partial charge in [0.1, 0.15) is 12.4 Å². The van der Waals surface area contributed by atoms with Gasteiger partial charge >= 0.3 is 5.97 Å². The summed E-state index contributed by atoms with van der Waals surface area (Å²) in [4.78, 5) is 17.5. The summed E-state index contributed by atoms with van der Waals surface area (Å²) in [6, 6.07) is 3.66. The number of anilines is 1. The quantitative estimate of drug-likeness (QED) is 0.878. The second-order valence-electron chi connectivity index (χ2n) is 4.33. The summed E-state index contributed by atoms with van der Waals surface area (Å²) < 4.78 is 6.89. The Hall–Kier alpha value is -2.15. The van der Waals surface area contributed by atoms with Crippen LogP contribution < -0.4 is 5.32 Å². The number of aromatic nitrogens is 3. The van der Waals surface area contributed by atoms with Gasteiger partial charge in [-0.3, -0.25) is 0 Å². The van der Waals surface area contributed by atoms with E-state index in [1.165, 1.54) is 6.33 Å². The van der Waals surface area contributed by atoms with Gasteiger partial charge in [0.25, 0.3) is 0 Å². The van der Waals surface area contributed by atoms with Crippen molar-refractivity contribution in [2.24, 2.45) is 0 Å². The highest BCUT2D eigenvalue weighted by Crippen LogP contribution is 2.36. The van der Waals surface area contributed by atoms with Gasteiger partial charge < -0.3 is 10.1 Å². The Morgan fingerprint density at radius 1 is 1.60 bits per heavy atom. The molecule has 1 atom stereocenters. The minimum Gasteiger partial charge on any atom is -0.463 e. The Labute approximate surface area is 120 Å². The molecule has 2 aromatic rings. The van der Waals surface area contributed by atoms with Crippen molar-refractivity contribution in [3.05, 3.63) is 40.0 Å². The van der Waals surface area contributed by atoms with Gasteiger partial charge in [-0.1, -0.05) is 6.07 Å². The maximum absolute atomic E-state index is 12.3. The summed E-state index contributed by atoms with van der Waals surface area (Å²) >= 11 is 1.58. The molecule has 1 N–H and O–H groups in total. The third-order valence-electron chi connectivity index (χ3n) is 3.10. The highest BCUT2D eigenvalue weighted by molar-refractivity contribution is 7.10. The monoisotopic (exact) mass is 290 g/mol. The number of hydrogen-bond donors (Lipinski definition) is 1. The first-order chi connectivity index (χ1) is 9.72. The van der Waals surface area contributed by atoms with E-state index in [1.807, 2.05) is 24.4 Å². The van der Waals surface area contributed by atoms with Gasteiger partial charge in [0.05, 0.1) is 12.2 Å². The van der Waals surface area contributed by atoms with Crippen molar-refractivity contribution in [1.82, 2.24) is 14.8 Å². The number of hydrogen-bond acceptors (Lipinski definition) is 6. The third kappa shape index (κ3) is 2.00. The molecule has 0 aliphatic carbocycles. The first-order valence-corrected chi connectivity index (χ1v) is 7.18. The van der Waals surface area contributed by atoms with Crippen LogP contribution in [0.25, 0.3) is 0 Å². The van der Waals surface area contributed by atoms with Gasteiger partial charge in [0, 0.05) is 10.6 Å². The highest BCUT2D eigenvalue weighted by Gasteiger charge is 2.34. The Morgan fingerprint density at radius 3 is 3.15 bits per heavy atom. The fraction of sp³-hybridized carbons (Fsp3) is 0.308. The standard InChI is InChI=1S/C13H14N4O2S/c1-3-19-12(18)10-8(2)16-13-14-7-15-17(13)11(10)9-5-4-6-20-9/h4-7,11H,3H2,1-2H3,(H,14,15,16)/t11-/m1/s1. The summed E-state index contributed by atoms with van der Waals surface area (Å²) in [6.07, 6.45) is 1.48. The molecular formula is C13H14N4O2S. The number of carbonyl (C=O) groups is 1. The molecule has 3 heterocycles. The lowest BCUT2D eigenvalue weighted by Gasteiger charge is -2.27. The molecule has 0 unspecified atom stereocenters. The summed E-state index contributed by atoms with van der Waals surface area (Å²) in [5.41, 5.74) is 1.33. The molecule has 1 aliphatic rings. The zero-order valence-corrected chi connectivity index (χ0v) is 12.0. The number of rotatable bonds is 3. The molecule has 1 aliphatic heterocycles. The number of carbonyl (C=O) groups excluding carboxylic acids is 1. The Kier molecular flexibility index (Phi) is 3.27. The van der Waals surface area contributed by atoms with Crippen LogP contribution in [0.1, 0.15) is 24.8 Å². The van der Waals surface area contributed by atoms with Gasteiger partial charge in [-0.15, -0.1) is 11.3 Å². The van der Waals surface area contributed by atoms with E-state index in [9.17, 15) is 4.79 Å². The Morgan fingerprint density at radius 2 is 2.45 bits per heavy atom. The van der Waals surface area contributed by atoms with E-state index in [-0.39, 0.29) is 12.0 Å². The molecule has 0 saturated heterocycles. The molecule has 0 aromatic carbocycles. The molecule has 2 aromatic heterocycles. The van der Waals surface area contributed by atoms with Crippen molar-refractivity contribution < 1.29 is 9.53 Å². The summed E-state index contributed by atoms with van der Waals surface area (Å²) in [7, 11) is 0. The third-order valence-corrected chi connectivity index (χ3v) is 4.03. The molecular weight excluding hydrogens is 276 g/mol. The van der Waals surface area contributed by atoms with Crippen molar-refractivity contribution in [2.45, 2.75) is 19.9 Å². The molecule has 6 nitrogen and oxygen atoms in total. The molecule has 0 bridgehead atoms. The second-order valence-corrected chi connectivity index (χ2v) is 5.31. The number of nitrogens with zero attached hydrogens (tertiary/aromatic N) is 3. The molecule has 0 saturated carbocycles. The van der Waals surface area contributed by atoms with Crippen LogP contribution in [-0.4, -0.2) is 27.3 Å². The number of fused-ring (bicyclic) bond motifs is 1. The maximum Gasteiger partial charge on any atom is 0.338 e. The lowest BCUT2D eigenvalue weighted by atomic mass is 10.0. The fourth-order valence-electron chi connectivity index (χ4n) is 2.27. The zero-order valence-electron chi connectivity index (χ0n) is 11.2. The number of allylic oxidation sites excluding steroid dienone is 1. The second kappa shape index (κ2) is 5.09. The van der Waals surface area contributed by atoms with Crippen LogP contribution in [0.3, 0.4) is 0 Å². The largest absolute Gasteiger partial charge is 0.463 e. The summed E-state index contributed by atoms with van der Waals surface area (Å²) in [5.74, 6) is 0.311. The molecule has 0 radical (unpaired) electrons. The molecule has 3 rings (SSSR count). The molecule has 0 fully saturated rings. The molecule has 0 amide bonds. The van der Waals surface area contributed by atoms with E-state index in [4.69, 9.17) is 4.74 Å². The minimum absolute atomic E-state index is 0.284. The normalized spacial score (nSPS) is 17.6. The van der Waals surface area contributed by atoms with Crippen LogP contribution in [0.15, 0.2) is 35.1 Å². The maximum atomic E-state index is 12.3. The lowest BCUT2D eigenvalue weighted by molar-refractivity contribution is -0.139. The van der Waals surface area contributed by atoms with Crippen molar-refractivity contribution in [1.29, 1.82) is 0 Å². The summed E-state index contributed by atoms with van der Waals surface area (Å²) in [5, 5.41) is 9.30. The lowest BCUT2D eigenvalue weighted by Crippen LogP contribution is -2.29. The highest BCUT2D eigenvalue weighted by atomic mass is 32.1. The van der Waals surface area contributed by atoms with E-state index in [0.717, 1.165) is 10.6 Å². The first kappa shape index (κ1) is 12.9. The Bertz CT molecular complexity index is 660. The van der Waals surface area contributed by atoms with Gasteiger partial charge in [0.2, 0.25) is 5.95 Å². The number of nitrogens with one attached hydrogen (secondary N) is 1. The number of esters is 1. The van der Waals surface area contributed by atoms with E-state index in [2.05, 4.69) is 15.4 Å². The number of thiophene rings is 1. The van der Waals surface area contributed by atoms with Crippen molar-refractivity contribution in [2.75, 3.05) is 11.9 Å². The Balaban J connectivity index is 2.12. The molecule has 104 valence electrons. The van der Waals surface area contributed by atoms with Crippen LogP contribution in [0.2, 0.25) is 0 Å². The van der Waals surface area contributed by atoms with Crippen LogP contribution in [-0.2, 0) is 9.53 Å². The van der Waals surface area contributed by atoms with Crippen LogP contribution in [0, 0.1) is 0 Å². The smallest absolute Gasteiger partial charge is 0.338 e. The van der Waals surface area contributed by atoms with E-state index in [1.54, 1.807) is 22.9 Å². The zero-order chi connectivity index (χ0) is 14.1. The predicted molar refractivity (Wildman–Crippen MR) is 75.4 cm³/mol. The van der Waals surface area contributed by atoms with Gasteiger partial charge in [-0.05, 0) is 25.3 Å². The topological polar surface area (TPSA) is 69.0 Å². The molecule has 7 heteroatoms. The summed E-state index contributed by atoms with van der Waals surface area (Å²) in [6.45, 7) is 3.99. The van der Waals surface area contributed by atoms with E-state index in [0.29, 0.717) is 18.1 Å². The first-order valence-electron chi connectivity index (χ1n) is 6.30. The SMILES string of the molecule is CCOC(=O)C1=C(C)Nc2ncnn2[C@@H]1c1cccs1. The van der Waals surface area contributed by atoms with E-state index >= 15 is 0 Å². The van der Waals surface area contributed by atoms with Crippen molar-refractivity contribution >= 4 is 23.3 Å². The molecule has 20 heavy (non-hydrogen) atoms. The fourth-order valence-corrected chi connectivity index (χ4v) is 3.09. The van der Waals surface area contributed by atoms with Crippen molar-refractivity contribution in [3.8, 4) is 0 Å². The van der Waals surface area contributed by atoms with E-state index < -0.39 is 0 Å². The van der Waals surface area contributed by atoms with Gasteiger partial charge in [-0.2, -0.15) is 10.1 Å². The van der Waals surface area contributed by atoms with Crippen LogP contribution in [0.5, 0.6) is 0 Å². The number of ether oxygens (including phenoxy) is 1. The predicted octanol–water partition coefficient (Wildman–Crippen LogP) is 2.19. The molecule has 0 spiro atoms. The van der Waals surface area contributed by atoms with Crippen LogP contribution >= 0.6 is 11.3 Å². The van der Waals surface area contributed by atoms with Crippen LogP contribution in [0.4, 0.5) is 5.95 Å². The van der Waals surface area contributed by atoms with Crippen molar-refractivity contribution in [3.63, 3.8) is 0 Å².